The number of nitrogens with one attached hydrogen (secondary N) is 1. The number of halogens is 4. The topological polar surface area (TPSA) is 88.8 Å². The molecular formula is C22H23F4N3O2. The zero-order valence-corrected chi connectivity index (χ0v) is 16.8. The molecule has 3 aliphatic rings. The Morgan fingerprint density at radius 3 is 2.45 bits per heavy atom. The van der Waals surface area contributed by atoms with Crippen LogP contribution in [0, 0.1) is 17.3 Å². The van der Waals surface area contributed by atoms with Crippen LogP contribution >= 0.6 is 0 Å². The summed E-state index contributed by atoms with van der Waals surface area (Å²) in [5, 5.41) is 0.0667. The number of carbonyl (C=O) groups is 1. The van der Waals surface area contributed by atoms with Crippen molar-refractivity contribution in [2.45, 2.75) is 62.7 Å². The van der Waals surface area contributed by atoms with Gasteiger partial charge in [-0.1, -0.05) is 0 Å². The van der Waals surface area contributed by atoms with Gasteiger partial charge in [-0.15, -0.1) is 0 Å². The number of rotatable bonds is 3. The lowest BCUT2D eigenvalue weighted by Crippen LogP contribution is -2.30. The van der Waals surface area contributed by atoms with E-state index in [0.29, 0.717) is 24.1 Å². The first-order valence-electron chi connectivity index (χ1n) is 10.6. The molecule has 3 saturated carbocycles. The van der Waals surface area contributed by atoms with Crippen molar-refractivity contribution in [2.24, 2.45) is 23.0 Å². The van der Waals surface area contributed by atoms with Crippen LogP contribution in [-0.2, 0) is 0 Å². The maximum absolute atomic E-state index is 14.3. The third-order valence-electron chi connectivity index (χ3n) is 7.73. The first-order chi connectivity index (χ1) is 14.5. The number of primary amides is 1. The van der Waals surface area contributed by atoms with Crippen LogP contribution in [0.15, 0.2) is 23.1 Å². The Hall–Kier alpha value is -2.45. The number of aromatic amines is 1. The molecule has 2 aromatic heterocycles. The molecule has 3 fully saturated rings. The summed E-state index contributed by atoms with van der Waals surface area (Å²) >= 11 is 0. The summed E-state index contributed by atoms with van der Waals surface area (Å²) in [6.07, 6.45) is 1.79. The molecule has 0 aliphatic heterocycles. The molecule has 31 heavy (non-hydrogen) atoms. The number of hydrogen-bond acceptors (Lipinski definition) is 3. The monoisotopic (exact) mass is 437 g/mol. The Balaban J connectivity index is 1.54. The third-order valence-corrected chi connectivity index (χ3v) is 7.73. The maximum Gasteiger partial charge on any atom is 0.268 e. The molecule has 166 valence electrons. The first kappa shape index (κ1) is 20.5. The second-order valence-corrected chi connectivity index (χ2v) is 9.57. The Morgan fingerprint density at radius 1 is 1.16 bits per heavy atom. The second kappa shape index (κ2) is 6.53. The SMILES string of the molecule is NC(=O)c1nccc2[nH]c([C@H]3C[C@]4(C[C@@H]3C3CCC(F)(F)CC3)CC4(F)F)cc(=O)c12. The molecule has 0 bridgehead atoms. The molecule has 1 spiro atoms. The fourth-order valence-electron chi connectivity index (χ4n) is 6.01. The highest BCUT2D eigenvalue weighted by Gasteiger charge is 2.74. The molecular weight excluding hydrogens is 414 g/mol. The number of nitrogens with zero attached hydrogens (tertiary/aromatic N) is 1. The number of pyridine rings is 2. The van der Waals surface area contributed by atoms with Crippen molar-refractivity contribution < 1.29 is 22.4 Å². The van der Waals surface area contributed by atoms with Gasteiger partial charge >= 0.3 is 0 Å². The number of carbonyl (C=O) groups excluding carboxylic acids is 1. The number of hydrogen-bond donors (Lipinski definition) is 2. The van der Waals surface area contributed by atoms with E-state index in [1.54, 1.807) is 6.07 Å². The van der Waals surface area contributed by atoms with Crippen molar-refractivity contribution in [1.82, 2.24) is 9.97 Å². The summed E-state index contributed by atoms with van der Waals surface area (Å²) in [6.45, 7) is 0. The molecule has 2 heterocycles. The highest BCUT2D eigenvalue weighted by atomic mass is 19.3. The van der Waals surface area contributed by atoms with Gasteiger partial charge < -0.3 is 10.7 Å². The summed E-state index contributed by atoms with van der Waals surface area (Å²) in [4.78, 5) is 31.5. The predicted molar refractivity (Wildman–Crippen MR) is 105 cm³/mol. The molecule has 9 heteroatoms. The summed E-state index contributed by atoms with van der Waals surface area (Å²) in [7, 11) is 0. The highest BCUT2D eigenvalue weighted by Crippen LogP contribution is 2.73. The molecule has 0 saturated heterocycles. The standard InChI is InChI=1S/C22H23F4N3O2/c23-21(24)4-1-11(2-5-21)12-8-20(10-22(20,25)26)9-13(12)15-7-16(30)17-14(29-15)3-6-28-18(17)19(27)31/h3,6-7,11-13H,1-2,4-5,8-10H2,(H2,27,31)(H,29,30)/t12-,13+,20-/m1/s1. The van der Waals surface area contributed by atoms with E-state index in [0.717, 1.165) is 0 Å². The van der Waals surface area contributed by atoms with Crippen molar-refractivity contribution >= 4 is 16.8 Å². The van der Waals surface area contributed by atoms with Crippen molar-refractivity contribution in [3.8, 4) is 0 Å². The molecule has 3 atom stereocenters. The van der Waals surface area contributed by atoms with Crippen molar-refractivity contribution in [1.29, 1.82) is 0 Å². The second-order valence-electron chi connectivity index (χ2n) is 9.57. The average Bonchev–Trinajstić information content (AvgIpc) is 3.03. The Kier molecular flexibility index (Phi) is 4.31. The third kappa shape index (κ3) is 3.24. The molecule has 1 amide bonds. The summed E-state index contributed by atoms with van der Waals surface area (Å²) < 4.78 is 55.9. The summed E-state index contributed by atoms with van der Waals surface area (Å²) in [5.74, 6) is -6.91. The lowest BCUT2D eigenvalue weighted by molar-refractivity contribution is -0.0534. The smallest absolute Gasteiger partial charge is 0.268 e. The minimum absolute atomic E-state index is 0.0667. The fourth-order valence-corrected chi connectivity index (χ4v) is 6.01. The lowest BCUT2D eigenvalue weighted by atomic mass is 9.73. The van der Waals surface area contributed by atoms with Crippen LogP contribution in [0.4, 0.5) is 17.6 Å². The summed E-state index contributed by atoms with van der Waals surface area (Å²) in [5.41, 5.74) is 4.50. The van der Waals surface area contributed by atoms with Crippen LogP contribution in [0.1, 0.15) is 67.0 Å². The Labute approximate surface area is 175 Å². The number of alkyl halides is 4. The lowest BCUT2D eigenvalue weighted by Gasteiger charge is -2.35. The summed E-state index contributed by atoms with van der Waals surface area (Å²) in [6, 6.07) is 2.88. The number of aromatic nitrogens is 2. The molecule has 3 aliphatic carbocycles. The molecule has 0 unspecified atom stereocenters. The number of fused-ring (bicyclic) bond motifs is 1. The van der Waals surface area contributed by atoms with Gasteiger partial charge in [0.25, 0.3) is 11.8 Å². The van der Waals surface area contributed by atoms with Gasteiger partial charge in [0.1, 0.15) is 5.69 Å². The van der Waals surface area contributed by atoms with E-state index < -0.39 is 28.6 Å². The van der Waals surface area contributed by atoms with Crippen LogP contribution in [0.3, 0.4) is 0 Å². The van der Waals surface area contributed by atoms with E-state index in [-0.39, 0.29) is 60.9 Å². The largest absolute Gasteiger partial charge is 0.364 e. The molecule has 0 aromatic carbocycles. The van der Waals surface area contributed by atoms with Crippen LogP contribution in [0.25, 0.3) is 10.9 Å². The van der Waals surface area contributed by atoms with E-state index in [4.69, 9.17) is 5.73 Å². The van der Waals surface area contributed by atoms with Crippen molar-refractivity contribution in [3.05, 3.63) is 39.9 Å². The molecule has 5 rings (SSSR count). The van der Waals surface area contributed by atoms with Crippen LogP contribution in [0.5, 0.6) is 0 Å². The van der Waals surface area contributed by atoms with E-state index in [2.05, 4.69) is 9.97 Å². The van der Waals surface area contributed by atoms with Gasteiger partial charge in [0.15, 0.2) is 5.43 Å². The van der Waals surface area contributed by atoms with E-state index >= 15 is 0 Å². The van der Waals surface area contributed by atoms with Crippen molar-refractivity contribution in [2.75, 3.05) is 0 Å². The van der Waals surface area contributed by atoms with Crippen molar-refractivity contribution in [3.63, 3.8) is 0 Å². The zero-order chi connectivity index (χ0) is 22.2. The minimum Gasteiger partial charge on any atom is -0.364 e. The predicted octanol–water partition coefficient (Wildman–Crippen LogP) is 4.37. The Morgan fingerprint density at radius 2 is 1.84 bits per heavy atom. The van der Waals surface area contributed by atoms with Gasteiger partial charge in [0.05, 0.1) is 10.9 Å². The number of amides is 1. The van der Waals surface area contributed by atoms with Gasteiger partial charge in [0, 0.05) is 48.6 Å². The van der Waals surface area contributed by atoms with Crippen LogP contribution in [0.2, 0.25) is 0 Å². The normalized spacial score (nSPS) is 31.9. The van der Waals surface area contributed by atoms with Gasteiger partial charge in [-0.05, 0) is 43.6 Å². The molecule has 3 N–H and O–H groups in total. The highest BCUT2D eigenvalue weighted by molar-refractivity contribution is 6.03. The molecule has 5 nitrogen and oxygen atoms in total. The minimum atomic E-state index is -2.75. The average molecular weight is 437 g/mol. The van der Waals surface area contributed by atoms with Crippen LogP contribution < -0.4 is 11.2 Å². The van der Waals surface area contributed by atoms with E-state index in [1.165, 1.54) is 12.3 Å². The van der Waals surface area contributed by atoms with Gasteiger partial charge in [-0.25, -0.2) is 17.6 Å². The molecule has 0 radical (unpaired) electrons. The first-order valence-corrected chi connectivity index (χ1v) is 10.6. The van der Waals surface area contributed by atoms with Gasteiger partial charge in [-0.3, -0.25) is 14.6 Å². The fraction of sp³-hybridized carbons (Fsp3) is 0.591. The maximum atomic E-state index is 14.3. The van der Waals surface area contributed by atoms with Crippen LogP contribution in [-0.4, -0.2) is 27.7 Å². The quantitative estimate of drug-likeness (QED) is 0.699. The Bertz CT molecular complexity index is 1120. The number of H-pyrrole nitrogens is 1. The number of nitrogens with two attached hydrogens (primary N) is 1. The van der Waals surface area contributed by atoms with Gasteiger partial charge in [0.2, 0.25) is 5.92 Å². The van der Waals surface area contributed by atoms with E-state index in [9.17, 15) is 27.2 Å². The van der Waals surface area contributed by atoms with Gasteiger partial charge in [-0.2, -0.15) is 0 Å². The molecule has 2 aromatic rings. The van der Waals surface area contributed by atoms with E-state index in [1.807, 2.05) is 0 Å². The zero-order valence-electron chi connectivity index (χ0n) is 16.8.